The summed E-state index contributed by atoms with van der Waals surface area (Å²) in [5.74, 6) is 1.73. The molecular weight excluding hydrogens is 296 g/mol. The normalized spacial score (nSPS) is 16.5. The molecule has 0 radical (unpaired) electrons. The third-order valence-electron chi connectivity index (χ3n) is 3.86. The van der Waals surface area contributed by atoms with Crippen molar-refractivity contribution in [1.82, 2.24) is 0 Å². The molecule has 0 spiro atoms. The van der Waals surface area contributed by atoms with Crippen molar-refractivity contribution in [3.63, 3.8) is 0 Å². The smallest absolute Gasteiger partial charge is 0.104 e. The van der Waals surface area contributed by atoms with E-state index >= 15 is 0 Å². The number of benzene rings is 2. The van der Waals surface area contributed by atoms with E-state index in [0.717, 1.165) is 23.5 Å². The topological polar surface area (TPSA) is 29.3 Å². The molecule has 2 aromatic rings. The lowest BCUT2D eigenvalue weighted by Gasteiger charge is -2.24. The Morgan fingerprint density at radius 1 is 1.29 bits per heavy atom. The van der Waals surface area contributed by atoms with Crippen LogP contribution in [0.4, 0.5) is 5.69 Å². The third-order valence-corrected chi connectivity index (χ3v) is 5.35. The lowest BCUT2D eigenvalue weighted by atomic mass is 10.0. The molecule has 0 saturated heterocycles. The Labute approximate surface area is 135 Å². The molecule has 108 valence electrons. The highest BCUT2D eigenvalue weighted by Crippen LogP contribution is 2.39. The highest BCUT2D eigenvalue weighted by Gasteiger charge is 2.23. The summed E-state index contributed by atoms with van der Waals surface area (Å²) < 4.78 is 0. The summed E-state index contributed by atoms with van der Waals surface area (Å²) in [7, 11) is 2.13. The van der Waals surface area contributed by atoms with Gasteiger partial charge in [-0.05, 0) is 23.8 Å². The van der Waals surface area contributed by atoms with Crippen LogP contribution < -0.4 is 10.6 Å². The number of nitrogens with zero attached hydrogens (tertiary/aromatic N) is 1. The number of thioether (sulfide) groups is 1. The first-order valence-corrected chi connectivity index (χ1v) is 8.37. The molecule has 0 aliphatic carbocycles. The van der Waals surface area contributed by atoms with Crippen molar-refractivity contribution < 1.29 is 0 Å². The lowest BCUT2D eigenvalue weighted by molar-refractivity contribution is 0.745. The van der Waals surface area contributed by atoms with E-state index in [2.05, 4.69) is 48.3 Å². The Hall–Kier alpha value is -1.52. The summed E-state index contributed by atoms with van der Waals surface area (Å²) in [4.78, 5) is 4.16. The summed E-state index contributed by atoms with van der Waals surface area (Å²) in [6.45, 7) is 1.00. The molecule has 1 aliphatic heterocycles. The molecule has 21 heavy (non-hydrogen) atoms. The van der Waals surface area contributed by atoms with Gasteiger partial charge in [0.2, 0.25) is 0 Å². The van der Waals surface area contributed by atoms with Crippen molar-refractivity contribution in [2.24, 2.45) is 5.73 Å². The van der Waals surface area contributed by atoms with Crippen LogP contribution in [-0.4, -0.2) is 24.3 Å². The van der Waals surface area contributed by atoms with Crippen LogP contribution >= 0.6 is 24.0 Å². The number of hydrogen-bond acceptors (Lipinski definition) is 3. The molecule has 0 bridgehead atoms. The minimum atomic E-state index is 0.451. The van der Waals surface area contributed by atoms with Gasteiger partial charge in [-0.2, -0.15) is 0 Å². The number of fused-ring (bicyclic) bond motifs is 1. The molecule has 3 rings (SSSR count). The highest BCUT2D eigenvalue weighted by atomic mass is 32.2. The maximum absolute atomic E-state index is 5.72. The zero-order valence-electron chi connectivity index (χ0n) is 12.0. The molecule has 2 aromatic carbocycles. The zero-order valence-corrected chi connectivity index (χ0v) is 13.6. The summed E-state index contributed by atoms with van der Waals surface area (Å²) >= 11 is 7.01. The van der Waals surface area contributed by atoms with Crippen LogP contribution in [0.2, 0.25) is 0 Å². The van der Waals surface area contributed by atoms with Gasteiger partial charge in [-0.3, -0.25) is 0 Å². The predicted octanol–water partition coefficient (Wildman–Crippen LogP) is 3.65. The first-order valence-electron chi connectivity index (χ1n) is 6.98. The average molecular weight is 314 g/mol. The van der Waals surface area contributed by atoms with E-state index in [4.69, 9.17) is 18.0 Å². The molecule has 1 atom stereocenters. The summed E-state index contributed by atoms with van der Waals surface area (Å²) in [6, 6.07) is 16.9. The monoisotopic (exact) mass is 314 g/mol. The van der Waals surface area contributed by atoms with Crippen LogP contribution in [0.5, 0.6) is 0 Å². The maximum atomic E-state index is 5.72. The number of likely N-dealkylation sites (N-methyl/N-ethyl adjacent to an activating group) is 1. The molecule has 0 saturated carbocycles. The van der Waals surface area contributed by atoms with E-state index in [9.17, 15) is 0 Å². The molecule has 2 nitrogen and oxygen atoms in total. The lowest BCUT2D eigenvalue weighted by Crippen LogP contribution is -2.24. The predicted molar refractivity (Wildman–Crippen MR) is 95.5 cm³/mol. The van der Waals surface area contributed by atoms with Gasteiger partial charge in [0.15, 0.2) is 0 Å². The highest BCUT2D eigenvalue weighted by molar-refractivity contribution is 7.99. The second-order valence-corrected chi connectivity index (χ2v) is 6.84. The van der Waals surface area contributed by atoms with Crippen molar-refractivity contribution in [1.29, 1.82) is 0 Å². The fourth-order valence-electron chi connectivity index (χ4n) is 2.71. The van der Waals surface area contributed by atoms with Gasteiger partial charge in [-0.15, -0.1) is 11.8 Å². The number of anilines is 1. The molecule has 0 amide bonds. The Bertz CT molecular complexity index is 669. The Kier molecular flexibility index (Phi) is 4.17. The number of rotatable bonds is 4. The number of nitrogens with two attached hydrogens (primary N) is 1. The fraction of sp³-hybridized carbons (Fsp3) is 0.235. The summed E-state index contributed by atoms with van der Waals surface area (Å²) in [6.07, 6.45) is 0. The second-order valence-electron chi connectivity index (χ2n) is 5.34. The van der Waals surface area contributed by atoms with Crippen molar-refractivity contribution >= 4 is 34.7 Å². The Morgan fingerprint density at radius 3 is 2.90 bits per heavy atom. The molecule has 0 fully saturated rings. The van der Waals surface area contributed by atoms with Gasteiger partial charge >= 0.3 is 0 Å². The minimum absolute atomic E-state index is 0.451. The van der Waals surface area contributed by atoms with E-state index in [-0.39, 0.29) is 0 Å². The standard InChI is InChI=1S/C17H18N2S2/c1-19(14-6-4-5-12(9-14)17(18)20)10-13-11-21-16-8-3-2-7-15(13)16/h2-9,13H,10-11H2,1H3,(H2,18,20). The first-order chi connectivity index (χ1) is 10.1. The molecule has 1 heterocycles. The molecule has 0 aromatic heterocycles. The van der Waals surface area contributed by atoms with Crippen molar-refractivity contribution in [2.75, 3.05) is 24.2 Å². The molecular formula is C17H18N2S2. The molecule has 1 unspecified atom stereocenters. The van der Waals surface area contributed by atoms with Crippen molar-refractivity contribution in [3.8, 4) is 0 Å². The Balaban J connectivity index is 1.77. The minimum Gasteiger partial charge on any atom is -0.389 e. The van der Waals surface area contributed by atoms with Gasteiger partial charge in [0.1, 0.15) is 4.99 Å². The van der Waals surface area contributed by atoms with E-state index in [1.807, 2.05) is 23.9 Å². The van der Waals surface area contributed by atoms with Crippen LogP contribution in [0.25, 0.3) is 0 Å². The number of hydrogen-bond donors (Lipinski definition) is 1. The van der Waals surface area contributed by atoms with Crippen molar-refractivity contribution in [3.05, 3.63) is 59.7 Å². The van der Waals surface area contributed by atoms with Crippen LogP contribution in [0.15, 0.2) is 53.4 Å². The molecule has 4 heteroatoms. The van der Waals surface area contributed by atoms with Gasteiger partial charge in [0.25, 0.3) is 0 Å². The van der Waals surface area contributed by atoms with Crippen LogP contribution in [0.1, 0.15) is 17.0 Å². The van der Waals surface area contributed by atoms with Crippen LogP contribution in [0, 0.1) is 0 Å². The third kappa shape index (κ3) is 3.06. The van der Waals surface area contributed by atoms with Gasteiger partial charge in [-0.1, -0.05) is 42.5 Å². The molecule has 2 N–H and O–H groups in total. The summed E-state index contributed by atoms with van der Waals surface area (Å²) in [5.41, 5.74) is 9.28. The van der Waals surface area contributed by atoms with Gasteiger partial charge < -0.3 is 10.6 Å². The SMILES string of the molecule is CN(CC1CSc2ccccc21)c1cccc(C(N)=S)c1. The molecule has 1 aliphatic rings. The van der Waals surface area contributed by atoms with Crippen molar-refractivity contribution in [2.45, 2.75) is 10.8 Å². The Morgan fingerprint density at radius 2 is 2.10 bits per heavy atom. The fourth-order valence-corrected chi connectivity index (χ4v) is 4.08. The number of thiocarbonyl (C=S) groups is 1. The van der Waals surface area contributed by atoms with Crippen LogP contribution in [-0.2, 0) is 0 Å². The van der Waals surface area contributed by atoms with Gasteiger partial charge in [-0.25, -0.2) is 0 Å². The second kappa shape index (κ2) is 6.08. The summed E-state index contributed by atoms with van der Waals surface area (Å²) in [5, 5.41) is 0. The van der Waals surface area contributed by atoms with E-state index in [1.165, 1.54) is 10.5 Å². The maximum Gasteiger partial charge on any atom is 0.104 e. The largest absolute Gasteiger partial charge is 0.389 e. The van der Waals surface area contributed by atoms with Crippen LogP contribution in [0.3, 0.4) is 0 Å². The van der Waals surface area contributed by atoms with E-state index in [0.29, 0.717) is 10.9 Å². The van der Waals surface area contributed by atoms with Gasteiger partial charge in [0.05, 0.1) is 0 Å². The quantitative estimate of drug-likeness (QED) is 0.872. The zero-order chi connectivity index (χ0) is 14.8. The van der Waals surface area contributed by atoms with Gasteiger partial charge in [0, 0.05) is 41.4 Å². The first kappa shape index (κ1) is 14.4. The van der Waals surface area contributed by atoms with E-state index in [1.54, 1.807) is 0 Å². The van der Waals surface area contributed by atoms with E-state index < -0.39 is 0 Å². The average Bonchev–Trinajstić information content (AvgIpc) is 2.91.